The van der Waals surface area contributed by atoms with Crippen molar-refractivity contribution in [1.29, 1.82) is 0 Å². The van der Waals surface area contributed by atoms with Crippen LogP contribution in [0.15, 0.2) is 24.3 Å². The molecule has 0 saturated heterocycles. The van der Waals surface area contributed by atoms with Gasteiger partial charge in [0.25, 0.3) is 5.69 Å². The standard InChI is InChI=1S/C12H14N2O5.ClH/c13-7-11(15)5-6-12(16)19-8-9-1-3-10(4-2-9)14(17)18;/h1-4H,5-8,13H2;1H. The largest absolute Gasteiger partial charge is 0.461 e. The second-order valence-electron chi connectivity index (χ2n) is 3.83. The highest BCUT2D eigenvalue weighted by Gasteiger charge is 2.08. The van der Waals surface area contributed by atoms with Crippen LogP contribution in [-0.2, 0) is 20.9 Å². The van der Waals surface area contributed by atoms with Gasteiger partial charge >= 0.3 is 5.97 Å². The molecule has 0 aliphatic carbocycles. The van der Waals surface area contributed by atoms with Gasteiger partial charge in [0.15, 0.2) is 0 Å². The van der Waals surface area contributed by atoms with Crippen LogP contribution in [0.4, 0.5) is 5.69 Å². The van der Waals surface area contributed by atoms with Crippen molar-refractivity contribution < 1.29 is 19.2 Å². The van der Waals surface area contributed by atoms with Crippen molar-refractivity contribution in [2.75, 3.05) is 6.54 Å². The summed E-state index contributed by atoms with van der Waals surface area (Å²) < 4.78 is 4.92. The van der Waals surface area contributed by atoms with E-state index < -0.39 is 10.9 Å². The molecule has 0 spiro atoms. The summed E-state index contributed by atoms with van der Waals surface area (Å²) in [5, 5.41) is 10.4. The van der Waals surface area contributed by atoms with Crippen LogP contribution in [0.25, 0.3) is 0 Å². The van der Waals surface area contributed by atoms with Gasteiger partial charge in [-0.1, -0.05) is 0 Å². The van der Waals surface area contributed by atoms with E-state index in [2.05, 4.69) is 0 Å². The summed E-state index contributed by atoms with van der Waals surface area (Å²) in [6.07, 6.45) is 0.0542. The molecular formula is C12H15ClN2O5. The number of esters is 1. The minimum atomic E-state index is -0.506. The molecule has 0 aliphatic rings. The summed E-state index contributed by atoms with van der Waals surface area (Å²) in [6.45, 7) is -0.0662. The minimum Gasteiger partial charge on any atom is -0.461 e. The van der Waals surface area contributed by atoms with Crippen LogP contribution in [0.3, 0.4) is 0 Å². The molecule has 0 bridgehead atoms. The van der Waals surface area contributed by atoms with Gasteiger partial charge in [-0.2, -0.15) is 0 Å². The SMILES string of the molecule is Cl.NCC(=O)CCC(=O)OCc1ccc([N+](=O)[O-])cc1. The summed E-state index contributed by atoms with van der Waals surface area (Å²) in [5.74, 6) is -0.701. The number of hydrogen-bond acceptors (Lipinski definition) is 6. The van der Waals surface area contributed by atoms with Crippen LogP contribution in [0.2, 0.25) is 0 Å². The molecule has 0 aromatic heterocycles. The number of nitro benzene ring substituents is 1. The summed E-state index contributed by atoms with van der Waals surface area (Å²) in [7, 11) is 0. The molecule has 0 fully saturated rings. The Morgan fingerprint density at radius 1 is 1.20 bits per heavy atom. The number of ketones is 1. The second-order valence-corrected chi connectivity index (χ2v) is 3.83. The number of rotatable bonds is 7. The number of nitrogens with two attached hydrogens (primary N) is 1. The van der Waals surface area contributed by atoms with Gasteiger partial charge in [-0.05, 0) is 17.7 Å². The molecule has 0 amide bonds. The average molecular weight is 303 g/mol. The lowest BCUT2D eigenvalue weighted by molar-refractivity contribution is -0.384. The molecule has 0 heterocycles. The number of Topliss-reactive ketones (excluding diaryl/α,β-unsaturated/α-hetero) is 1. The van der Waals surface area contributed by atoms with Gasteiger partial charge in [0.05, 0.1) is 17.9 Å². The summed E-state index contributed by atoms with van der Waals surface area (Å²) >= 11 is 0. The number of carbonyl (C=O) groups excluding carboxylic acids is 2. The van der Waals surface area contributed by atoms with E-state index in [1.54, 1.807) is 0 Å². The van der Waals surface area contributed by atoms with Crippen LogP contribution in [0.5, 0.6) is 0 Å². The van der Waals surface area contributed by atoms with Crippen LogP contribution in [0.1, 0.15) is 18.4 Å². The Balaban J connectivity index is 0.00000361. The lowest BCUT2D eigenvalue weighted by atomic mass is 10.2. The molecule has 8 heteroatoms. The maximum Gasteiger partial charge on any atom is 0.306 e. The number of non-ortho nitro benzene ring substituents is 1. The third-order valence-electron chi connectivity index (χ3n) is 2.38. The Morgan fingerprint density at radius 2 is 1.80 bits per heavy atom. The molecule has 0 aliphatic heterocycles. The molecule has 1 aromatic rings. The van der Waals surface area contributed by atoms with E-state index in [9.17, 15) is 19.7 Å². The molecule has 20 heavy (non-hydrogen) atoms. The molecule has 7 nitrogen and oxygen atoms in total. The van der Waals surface area contributed by atoms with Crippen molar-refractivity contribution in [2.45, 2.75) is 19.4 Å². The van der Waals surface area contributed by atoms with Crippen molar-refractivity contribution in [3.63, 3.8) is 0 Å². The topological polar surface area (TPSA) is 113 Å². The highest BCUT2D eigenvalue weighted by atomic mass is 35.5. The first kappa shape index (κ1) is 18.0. The number of ether oxygens (including phenoxy) is 1. The highest BCUT2D eigenvalue weighted by Crippen LogP contribution is 2.12. The highest BCUT2D eigenvalue weighted by molar-refractivity contribution is 5.85. The van der Waals surface area contributed by atoms with Crippen molar-refractivity contribution >= 4 is 29.8 Å². The fourth-order valence-corrected chi connectivity index (χ4v) is 1.29. The van der Waals surface area contributed by atoms with Gasteiger partial charge in [0.2, 0.25) is 0 Å². The van der Waals surface area contributed by atoms with Crippen LogP contribution in [0, 0.1) is 10.1 Å². The van der Waals surface area contributed by atoms with E-state index in [1.165, 1.54) is 24.3 Å². The Labute approximate surface area is 121 Å². The molecular weight excluding hydrogens is 288 g/mol. The Bertz CT molecular complexity index is 475. The molecule has 1 rings (SSSR count). The van der Waals surface area contributed by atoms with Crippen molar-refractivity contribution in [3.8, 4) is 0 Å². The van der Waals surface area contributed by atoms with Crippen LogP contribution >= 0.6 is 12.4 Å². The van der Waals surface area contributed by atoms with Crippen LogP contribution in [-0.4, -0.2) is 23.2 Å². The lowest BCUT2D eigenvalue weighted by Gasteiger charge is -2.04. The van der Waals surface area contributed by atoms with Crippen molar-refractivity contribution in [2.24, 2.45) is 5.73 Å². The maximum absolute atomic E-state index is 11.3. The molecule has 2 N–H and O–H groups in total. The fraction of sp³-hybridized carbons (Fsp3) is 0.333. The van der Waals surface area contributed by atoms with Gasteiger partial charge < -0.3 is 10.5 Å². The van der Waals surface area contributed by atoms with Gasteiger partial charge in [0, 0.05) is 18.6 Å². The number of nitro groups is 1. The normalized spacial score (nSPS) is 9.45. The zero-order valence-corrected chi connectivity index (χ0v) is 11.4. The molecule has 0 unspecified atom stereocenters. The first-order valence-corrected chi connectivity index (χ1v) is 5.63. The van der Waals surface area contributed by atoms with Gasteiger partial charge in [-0.15, -0.1) is 12.4 Å². The summed E-state index contributed by atoms with van der Waals surface area (Å²) in [6, 6.07) is 5.69. The van der Waals surface area contributed by atoms with Gasteiger partial charge in [0.1, 0.15) is 12.4 Å². The van der Waals surface area contributed by atoms with Gasteiger partial charge in [-0.3, -0.25) is 19.7 Å². The third kappa shape index (κ3) is 6.26. The molecule has 110 valence electrons. The number of halogens is 1. The second kappa shape index (κ2) is 9.00. The number of nitrogens with zero attached hydrogens (tertiary/aromatic N) is 1. The third-order valence-corrected chi connectivity index (χ3v) is 2.38. The first-order chi connectivity index (χ1) is 9.02. The Hall–Kier alpha value is -1.99. The van der Waals surface area contributed by atoms with Gasteiger partial charge in [-0.25, -0.2) is 0 Å². The van der Waals surface area contributed by atoms with E-state index in [4.69, 9.17) is 10.5 Å². The monoisotopic (exact) mass is 302 g/mol. The number of carbonyl (C=O) groups is 2. The molecule has 0 radical (unpaired) electrons. The fourth-order valence-electron chi connectivity index (χ4n) is 1.29. The average Bonchev–Trinajstić information content (AvgIpc) is 2.42. The maximum atomic E-state index is 11.3. The van der Waals surface area contributed by atoms with Crippen molar-refractivity contribution in [3.05, 3.63) is 39.9 Å². The predicted molar refractivity (Wildman–Crippen MR) is 73.4 cm³/mol. The predicted octanol–water partition coefficient (Wildman–Crippen LogP) is 1.37. The van der Waals surface area contributed by atoms with E-state index in [0.717, 1.165) is 0 Å². The number of benzene rings is 1. The zero-order chi connectivity index (χ0) is 14.3. The van der Waals surface area contributed by atoms with Crippen molar-refractivity contribution in [1.82, 2.24) is 0 Å². The minimum absolute atomic E-state index is 0. The van der Waals surface area contributed by atoms with E-state index in [1.807, 2.05) is 0 Å². The molecule has 1 aromatic carbocycles. The lowest BCUT2D eigenvalue weighted by Crippen LogP contribution is -2.15. The molecule has 0 atom stereocenters. The Kier molecular flexibility index (Phi) is 8.10. The van der Waals surface area contributed by atoms with Crippen LogP contribution < -0.4 is 5.73 Å². The zero-order valence-electron chi connectivity index (χ0n) is 10.6. The number of hydrogen-bond donors (Lipinski definition) is 1. The van der Waals surface area contributed by atoms with E-state index in [0.29, 0.717) is 5.56 Å². The summed E-state index contributed by atoms with van der Waals surface area (Å²) in [5.41, 5.74) is 5.72. The Morgan fingerprint density at radius 3 is 2.30 bits per heavy atom. The smallest absolute Gasteiger partial charge is 0.306 e. The molecule has 0 saturated carbocycles. The van der Waals surface area contributed by atoms with E-state index in [-0.39, 0.29) is 49.9 Å². The summed E-state index contributed by atoms with van der Waals surface area (Å²) in [4.78, 5) is 32.1. The van der Waals surface area contributed by atoms with E-state index >= 15 is 0 Å². The quantitative estimate of drug-likeness (QED) is 0.462. The first-order valence-electron chi connectivity index (χ1n) is 5.63.